The fraction of sp³-hybridized carbons (Fsp3) is 0. The average molecular weight is 335 g/mol. The van der Waals surface area contributed by atoms with E-state index in [0.29, 0.717) is 11.3 Å². The molecule has 0 aliphatic rings. The van der Waals surface area contributed by atoms with Crippen LogP contribution >= 0.6 is 0 Å². The first-order valence-corrected chi connectivity index (χ1v) is 7.31. The van der Waals surface area contributed by atoms with Gasteiger partial charge in [-0.2, -0.15) is 5.10 Å². The van der Waals surface area contributed by atoms with Gasteiger partial charge in [-0.05, 0) is 54.1 Å². The fourth-order valence-electron chi connectivity index (χ4n) is 1.91. The highest BCUT2D eigenvalue weighted by Gasteiger charge is 2.10. The third-order valence-electron chi connectivity index (χ3n) is 3.14. The second-order valence-corrected chi connectivity index (χ2v) is 4.87. The molecule has 3 aromatic rings. The molecule has 0 unspecified atom stereocenters. The number of hydrazone groups is 1. The first-order valence-electron chi connectivity index (χ1n) is 7.31. The minimum atomic E-state index is -0.573. The summed E-state index contributed by atoms with van der Waals surface area (Å²) in [5.41, 5.74) is 3.61. The Labute approximate surface area is 143 Å². The zero-order valence-electron chi connectivity index (χ0n) is 13.0. The summed E-state index contributed by atoms with van der Waals surface area (Å²) in [5, 5.41) is 3.88. The van der Waals surface area contributed by atoms with Gasteiger partial charge < -0.3 is 9.15 Å². The number of esters is 1. The Bertz CT molecular complexity index is 872. The summed E-state index contributed by atoms with van der Waals surface area (Å²) in [7, 11) is 0. The predicted molar refractivity (Wildman–Crippen MR) is 89.4 cm³/mol. The number of carbonyl (C=O) groups excluding carboxylic acids is 2. The molecule has 7 heteroatoms. The number of nitrogens with one attached hydrogen (secondary N) is 1. The van der Waals surface area contributed by atoms with Crippen LogP contribution in [-0.4, -0.2) is 23.1 Å². The van der Waals surface area contributed by atoms with Crippen molar-refractivity contribution in [2.24, 2.45) is 5.10 Å². The molecule has 0 fully saturated rings. The summed E-state index contributed by atoms with van der Waals surface area (Å²) in [5.74, 6) is -0.400. The van der Waals surface area contributed by atoms with E-state index in [0.717, 1.165) is 5.56 Å². The SMILES string of the molecule is O=C(N/N=C\c1ccc(OC(=O)c2ccco2)cc1)c1ccncc1. The lowest BCUT2D eigenvalue weighted by atomic mass is 10.2. The summed E-state index contributed by atoms with van der Waals surface area (Å²) in [6, 6.07) is 12.9. The Morgan fingerprint density at radius 2 is 1.84 bits per heavy atom. The van der Waals surface area contributed by atoms with Gasteiger partial charge in [-0.1, -0.05) is 0 Å². The lowest BCUT2D eigenvalue weighted by Gasteiger charge is -2.02. The molecular formula is C18H13N3O4. The molecule has 0 radical (unpaired) electrons. The standard InChI is InChI=1S/C18H13N3O4/c22-17(14-7-9-19-10-8-14)21-20-12-13-3-5-15(6-4-13)25-18(23)16-2-1-11-24-16/h1-12H,(H,21,22)/b20-12-. The number of nitrogens with zero attached hydrogens (tertiary/aromatic N) is 2. The Kier molecular flexibility index (Phi) is 4.96. The minimum Gasteiger partial charge on any atom is -0.457 e. The smallest absolute Gasteiger partial charge is 0.379 e. The number of carbonyl (C=O) groups is 2. The molecule has 0 saturated heterocycles. The third-order valence-corrected chi connectivity index (χ3v) is 3.14. The van der Waals surface area contributed by atoms with Crippen LogP contribution in [0.2, 0.25) is 0 Å². The van der Waals surface area contributed by atoms with Crippen LogP contribution in [0.1, 0.15) is 26.5 Å². The first kappa shape index (κ1) is 16.1. The summed E-state index contributed by atoms with van der Waals surface area (Å²) in [6.07, 6.45) is 5.94. The molecule has 0 saturated carbocycles. The number of hydrogen-bond donors (Lipinski definition) is 1. The van der Waals surface area contributed by atoms with Crippen molar-refractivity contribution in [2.45, 2.75) is 0 Å². The molecule has 2 heterocycles. The molecule has 7 nitrogen and oxygen atoms in total. The van der Waals surface area contributed by atoms with E-state index >= 15 is 0 Å². The van der Waals surface area contributed by atoms with Crippen molar-refractivity contribution in [3.05, 3.63) is 84.1 Å². The van der Waals surface area contributed by atoms with E-state index in [2.05, 4.69) is 15.5 Å². The first-order chi connectivity index (χ1) is 12.2. The van der Waals surface area contributed by atoms with Crippen LogP contribution in [0.15, 0.2) is 76.7 Å². The van der Waals surface area contributed by atoms with Crippen LogP contribution in [0, 0.1) is 0 Å². The number of aromatic nitrogens is 1. The van der Waals surface area contributed by atoms with Crippen LogP contribution in [0.3, 0.4) is 0 Å². The predicted octanol–water partition coefficient (Wildman–Crippen LogP) is 2.66. The van der Waals surface area contributed by atoms with E-state index in [9.17, 15) is 9.59 Å². The maximum absolute atomic E-state index is 11.8. The Morgan fingerprint density at radius 1 is 1.08 bits per heavy atom. The van der Waals surface area contributed by atoms with Crippen LogP contribution in [0.25, 0.3) is 0 Å². The van der Waals surface area contributed by atoms with Gasteiger partial charge in [-0.15, -0.1) is 0 Å². The monoisotopic (exact) mass is 335 g/mol. The Hall–Kier alpha value is -3.74. The Morgan fingerprint density at radius 3 is 2.52 bits per heavy atom. The zero-order valence-corrected chi connectivity index (χ0v) is 13.0. The van der Waals surface area contributed by atoms with Crippen LogP contribution in [-0.2, 0) is 0 Å². The molecule has 0 aliphatic carbocycles. The van der Waals surface area contributed by atoms with Gasteiger partial charge in [-0.25, -0.2) is 10.2 Å². The number of rotatable bonds is 5. The largest absolute Gasteiger partial charge is 0.457 e. The highest BCUT2D eigenvalue weighted by atomic mass is 16.5. The second-order valence-electron chi connectivity index (χ2n) is 4.87. The van der Waals surface area contributed by atoms with Crippen molar-refractivity contribution in [1.29, 1.82) is 0 Å². The van der Waals surface area contributed by atoms with E-state index < -0.39 is 5.97 Å². The number of amides is 1. The second kappa shape index (κ2) is 7.69. The van der Waals surface area contributed by atoms with Gasteiger partial charge in [0.05, 0.1) is 12.5 Å². The van der Waals surface area contributed by atoms with Crippen molar-refractivity contribution >= 4 is 18.1 Å². The molecule has 1 aromatic carbocycles. The summed E-state index contributed by atoms with van der Waals surface area (Å²) < 4.78 is 10.1. The fourth-order valence-corrected chi connectivity index (χ4v) is 1.91. The maximum Gasteiger partial charge on any atom is 0.379 e. The zero-order chi connectivity index (χ0) is 17.5. The number of furan rings is 1. The van der Waals surface area contributed by atoms with Gasteiger partial charge in [-0.3, -0.25) is 9.78 Å². The number of pyridine rings is 1. The topological polar surface area (TPSA) is 93.8 Å². The van der Waals surface area contributed by atoms with E-state index in [4.69, 9.17) is 9.15 Å². The lowest BCUT2D eigenvalue weighted by molar-refractivity contribution is 0.0701. The normalized spacial score (nSPS) is 10.6. The van der Waals surface area contributed by atoms with Gasteiger partial charge in [0.1, 0.15) is 5.75 Å². The molecule has 1 N–H and O–H groups in total. The molecule has 1 amide bonds. The molecule has 25 heavy (non-hydrogen) atoms. The molecule has 0 bridgehead atoms. The van der Waals surface area contributed by atoms with Crippen molar-refractivity contribution in [3.63, 3.8) is 0 Å². The summed E-state index contributed by atoms with van der Waals surface area (Å²) >= 11 is 0. The summed E-state index contributed by atoms with van der Waals surface area (Å²) in [6.45, 7) is 0. The van der Waals surface area contributed by atoms with Gasteiger partial charge in [0.2, 0.25) is 5.76 Å². The van der Waals surface area contributed by atoms with Gasteiger partial charge in [0.15, 0.2) is 0 Å². The Balaban J connectivity index is 1.55. The van der Waals surface area contributed by atoms with Gasteiger partial charge in [0, 0.05) is 18.0 Å². The number of ether oxygens (including phenoxy) is 1. The van der Waals surface area contributed by atoms with Crippen LogP contribution in [0.5, 0.6) is 5.75 Å². The molecule has 2 aromatic heterocycles. The van der Waals surface area contributed by atoms with Crippen molar-refractivity contribution in [2.75, 3.05) is 0 Å². The highest BCUT2D eigenvalue weighted by Crippen LogP contribution is 2.13. The molecule has 0 aliphatic heterocycles. The molecule has 0 atom stereocenters. The van der Waals surface area contributed by atoms with Crippen LogP contribution < -0.4 is 10.2 Å². The van der Waals surface area contributed by atoms with Gasteiger partial charge >= 0.3 is 5.97 Å². The number of benzene rings is 1. The molecular weight excluding hydrogens is 322 g/mol. The van der Waals surface area contributed by atoms with E-state index in [1.165, 1.54) is 30.9 Å². The quantitative estimate of drug-likeness (QED) is 0.335. The summed E-state index contributed by atoms with van der Waals surface area (Å²) in [4.78, 5) is 27.4. The molecule has 124 valence electrons. The van der Waals surface area contributed by atoms with Gasteiger partial charge in [0.25, 0.3) is 5.91 Å². The maximum atomic E-state index is 11.8. The molecule has 3 rings (SSSR count). The molecule has 0 spiro atoms. The van der Waals surface area contributed by atoms with Crippen molar-refractivity contribution in [1.82, 2.24) is 10.4 Å². The van der Waals surface area contributed by atoms with E-state index in [1.54, 1.807) is 42.5 Å². The van der Waals surface area contributed by atoms with E-state index in [-0.39, 0.29) is 11.7 Å². The minimum absolute atomic E-state index is 0.129. The third kappa shape index (κ3) is 4.38. The van der Waals surface area contributed by atoms with Crippen molar-refractivity contribution in [3.8, 4) is 5.75 Å². The lowest BCUT2D eigenvalue weighted by Crippen LogP contribution is -2.17. The van der Waals surface area contributed by atoms with Crippen molar-refractivity contribution < 1.29 is 18.7 Å². The van der Waals surface area contributed by atoms with E-state index in [1.807, 2.05) is 0 Å². The number of hydrogen-bond acceptors (Lipinski definition) is 6. The highest BCUT2D eigenvalue weighted by molar-refractivity contribution is 5.94. The average Bonchev–Trinajstić information content (AvgIpc) is 3.19. The van der Waals surface area contributed by atoms with Crippen LogP contribution in [0.4, 0.5) is 0 Å².